The number of benzene rings is 1. The molecule has 3 heterocycles. The van der Waals surface area contributed by atoms with E-state index in [0.29, 0.717) is 30.6 Å². The van der Waals surface area contributed by atoms with Crippen molar-refractivity contribution in [2.45, 2.75) is 6.04 Å². The van der Waals surface area contributed by atoms with E-state index in [4.69, 9.17) is 19.1 Å². The van der Waals surface area contributed by atoms with Gasteiger partial charge in [-0.1, -0.05) is 18.2 Å². The van der Waals surface area contributed by atoms with Crippen LogP contribution in [-0.2, 0) is 19.6 Å². The summed E-state index contributed by atoms with van der Waals surface area (Å²) < 4.78 is 39.1. The van der Waals surface area contributed by atoms with Gasteiger partial charge < -0.3 is 18.8 Å². The summed E-state index contributed by atoms with van der Waals surface area (Å²) in [6, 6.07) is 9.49. The highest BCUT2D eigenvalue weighted by atomic mass is 32.2. The number of hydrogen-bond acceptors (Lipinski definition) is 7. The van der Waals surface area contributed by atoms with Crippen LogP contribution in [0.25, 0.3) is 23.0 Å². The van der Waals surface area contributed by atoms with Gasteiger partial charge in [-0.2, -0.15) is 0 Å². The van der Waals surface area contributed by atoms with Crippen LogP contribution in [0.4, 0.5) is 0 Å². The molecule has 1 aromatic carbocycles. The summed E-state index contributed by atoms with van der Waals surface area (Å²) in [6.07, 6.45) is 5.09. The summed E-state index contributed by atoms with van der Waals surface area (Å²) >= 11 is 0. The summed E-state index contributed by atoms with van der Waals surface area (Å²) in [5, 5.41) is 6.89. The van der Waals surface area contributed by atoms with Crippen molar-refractivity contribution >= 4 is 16.5 Å². The summed E-state index contributed by atoms with van der Waals surface area (Å²) in [4.78, 5) is 17.4. The quantitative estimate of drug-likeness (QED) is 0.567. The lowest BCUT2D eigenvalue weighted by Crippen LogP contribution is -2.32. The fourth-order valence-electron chi connectivity index (χ4n) is 3.34. The smallest absolute Gasteiger partial charge is 0.290 e. The third-order valence-corrected chi connectivity index (χ3v) is 6.89. The fraction of sp³-hybridized carbons (Fsp3) is 0.350. The number of hydrogen-bond donors (Lipinski definition) is 1. The topological polar surface area (TPSA) is 128 Å². The predicted molar refractivity (Wildman–Crippen MR) is 113 cm³/mol. The van der Waals surface area contributed by atoms with Gasteiger partial charge in [-0.25, -0.2) is 22.7 Å². The van der Waals surface area contributed by atoms with Crippen LogP contribution in [0.3, 0.4) is 0 Å². The maximum Gasteiger partial charge on any atom is 0.290 e. The number of imidazole rings is 1. The molecule has 4 rings (SSSR count). The van der Waals surface area contributed by atoms with E-state index in [1.165, 1.54) is 4.31 Å². The lowest BCUT2D eigenvalue weighted by molar-refractivity contribution is -0.122. The van der Waals surface area contributed by atoms with Gasteiger partial charge in [0.25, 0.3) is 6.47 Å². The van der Waals surface area contributed by atoms with E-state index in [2.05, 4.69) is 9.97 Å². The molecule has 1 saturated heterocycles. The Kier molecular flexibility index (Phi) is 7.21. The lowest BCUT2D eigenvalue weighted by atomic mass is 10.1. The molecule has 0 amide bonds. The SMILES string of the molecule is CN(C)S(=O)(=O)C[C@@H]1COC[C@H]1n1ccnc1-c1coc(-c2ccccc2)n1.O=CO. The highest BCUT2D eigenvalue weighted by molar-refractivity contribution is 7.89. The van der Waals surface area contributed by atoms with Crippen LogP contribution in [-0.4, -0.2) is 71.9 Å². The van der Waals surface area contributed by atoms with Gasteiger partial charge in [0.1, 0.15) is 12.0 Å². The normalized spacial score (nSPS) is 18.5. The van der Waals surface area contributed by atoms with Crippen molar-refractivity contribution in [3.8, 4) is 23.0 Å². The molecule has 11 heteroatoms. The van der Waals surface area contributed by atoms with Crippen LogP contribution in [0.1, 0.15) is 6.04 Å². The number of nitrogens with zero attached hydrogens (tertiary/aromatic N) is 4. The fourth-order valence-corrected chi connectivity index (χ4v) is 4.50. The van der Waals surface area contributed by atoms with Gasteiger partial charge in [0.05, 0.1) is 25.0 Å². The Balaban J connectivity index is 0.000000858. The number of ether oxygens (including phenoxy) is 1. The zero-order valence-electron chi connectivity index (χ0n) is 17.2. The van der Waals surface area contributed by atoms with Crippen molar-refractivity contribution in [1.29, 1.82) is 0 Å². The molecule has 10 nitrogen and oxygen atoms in total. The summed E-state index contributed by atoms with van der Waals surface area (Å²) in [6.45, 7) is 0.573. The van der Waals surface area contributed by atoms with E-state index in [1.807, 2.05) is 41.1 Å². The van der Waals surface area contributed by atoms with Gasteiger partial charge in [0.15, 0.2) is 5.82 Å². The minimum absolute atomic E-state index is 0.0242. The number of oxazole rings is 1. The van der Waals surface area contributed by atoms with Gasteiger partial charge in [-0.15, -0.1) is 0 Å². The molecular weight excluding hydrogens is 424 g/mol. The van der Waals surface area contributed by atoms with Crippen LogP contribution in [0.15, 0.2) is 53.4 Å². The van der Waals surface area contributed by atoms with E-state index >= 15 is 0 Å². The summed E-state index contributed by atoms with van der Waals surface area (Å²) in [7, 11) is -0.240. The molecular formula is C20H24N4O6S. The molecule has 3 aromatic rings. The van der Waals surface area contributed by atoms with Crippen molar-refractivity contribution in [1.82, 2.24) is 18.8 Å². The molecule has 0 radical (unpaired) electrons. The number of carboxylic acid groups (broad SMARTS) is 1. The van der Waals surface area contributed by atoms with Gasteiger partial charge in [-0.05, 0) is 12.1 Å². The molecule has 166 valence electrons. The Morgan fingerprint density at radius 3 is 2.65 bits per heavy atom. The minimum atomic E-state index is -3.33. The van der Waals surface area contributed by atoms with E-state index in [9.17, 15) is 8.42 Å². The third kappa shape index (κ3) is 5.19. The van der Waals surface area contributed by atoms with E-state index in [0.717, 1.165) is 5.56 Å². The van der Waals surface area contributed by atoms with Crippen LogP contribution >= 0.6 is 0 Å². The first kappa shape index (κ1) is 22.7. The number of rotatable bonds is 6. The molecule has 0 saturated carbocycles. The Labute approximate surface area is 180 Å². The molecule has 2 atom stereocenters. The van der Waals surface area contributed by atoms with Crippen molar-refractivity contribution in [2.24, 2.45) is 5.92 Å². The molecule has 1 aliphatic heterocycles. The van der Waals surface area contributed by atoms with Gasteiger partial charge in [0, 0.05) is 38.0 Å². The van der Waals surface area contributed by atoms with Crippen LogP contribution in [0.5, 0.6) is 0 Å². The van der Waals surface area contributed by atoms with Crippen LogP contribution in [0.2, 0.25) is 0 Å². The molecule has 0 unspecified atom stereocenters. The highest BCUT2D eigenvalue weighted by Gasteiger charge is 2.35. The van der Waals surface area contributed by atoms with Gasteiger partial charge >= 0.3 is 0 Å². The molecule has 1 N–H and O–H groups in total. The monoisotopic (exact) mass is 448 g/mol. The first-order valence-corrected chi connectivity index (χ1v) is 11.1. The second-order valence-corrected chi connectivity index (χ2v) is 9.32. The largest absolute Gasteiger partial charge is 0.483 e. The van der Waals surface area contributed by atoms with Crippen LogP contribution in [0, 0.1) is 5.92 Å². The number of aromatic nitrogens is 3. The molecule has 2 aromatic heterocycles. The van der Waals surface area contributed by atoms with Gasteiger partial charge in [0.2, 0.25) is 15.9 Å². The maximum atomic E-state index is 12.3. The van der Waals surface area contributed by atoms with Crippen molar-refractivity contribution in [2.75, 3.05) is 33.1 Å². The average molecular weight is 449 g/mol. The van der Waals surface area contributed by atoms with Crippen molar-refractivity contribution in [3.63, 3.8) is 0 Å². The summed E-state index contributed by atoms with van der Waals surface area (Å²) in [5.41, 5.74) is 1.48. The van der Waals surface area contributed by atoms with Crippen molar-refractivity contribution in [3.05, 3.63) is 49.0 Å². The number of sulfonamides is 1. The molecule has 1 fully saturated rings. The summed E-state index contributed by atoms with van der Waals surface area (Å²) in [5.74, 6) is 1.00. The Hall–Kier alpha value is -3.02. The molecule has 0 aliphatic carbocycles. The lowest BCUT2D eigenvalue weighted by Gasteiger charge is -2.22. The molecule has 0 spiro atoms. The van der Waals surface area contributed by atoms with E-state index in [1.54, 1.807) is 26.6 Å². The minimum Gasteiger partial charge on any atom is -0.483 e. The highest BCUT2D eigenvalue weighted by Crippen LogP contribution is 2.32. The van der Waals surface area contributed by atoms with Crippen molar-refractivity contribution < 1.29 is 27.5 Å². The molecule has 1 aliphatic rings. The zero-order chi connectivity index (χ0) is 22.4. The second kappa shape index (κ2) is 9.86. The third-order valence-electron chi connectivity index (χ3n) is 4.93. The maximum absolute atomic E-state index is 12.3. The number of carbonyl (C=O) groups is 1. The Bertz CT molecular complexity index is 1090. The van der Waals surface area contributed by atoms with E-state index < -0.39 is 10.0 Å². The predicted octanol–water partition coefficient (Wildman–Crippen LogP) is 1.98. The second-order valence-electron chi connectivity index (χ2n) is 7.09. The standard InChI is InChI=1S/C19H22N4O4S.CH2O2/c1-22(2)28(24,25)13-15-10-26-12-17(15)23-9-8-20-18(23)16-11-27-19(21-16)14-6-4-3-5-7-14;2-1-3/h3-9,11,15,17H,10,12-13H2,1-2H3;1H,(H,2,3)/t15-,17+;/m0./s1. The average Bonchev–Trinajstić information content (AvgIpc) is 3.49. The van der Waals surface area contributed by atoms with Gasteiger partial charge in [-0.3, -0.25) is 4.79 Å². The van der Waals surface area contributed by atoms with Crippen LogP contribution < -0.4 is 0 Å². The first-order chi connectivity index (χ1) is 14.9. The molecule has 31 heavy (non-hydrogen) atoms. The molecule has 0 bridgehead atoms. The van der Waals surface area contributed by atoms with E-state index in [-0.39, 0.29) is 24.2 Å². The zero-order valence-corrected chi connectivity index (χ0v) is 18.0. The first-order valence-electron chi connectivity index (χ1n) is 9.47. The Morgan fingerprint density at radius 2 is 1.97 bits per heavy atom. The Morgan fingerprint density at radius 1 is 1.26 bits per heavy atom.